The summed E-state index contributed by atoms with van der Waals surface area (Å²) in [6.07, 6.45) is 0. The molecule has 3 heteroatoms. The average Bonchev–Trinajstić information content (AvgIpc) is 1.80. The molecular weight excluding hydrogens is 258 g/mol. The first-order chi connectivity index (χ1) is 4.20. The van der Waals surface area contributed by atoms with Crippen molar-refractivity contribution in [3.8, 4) is 0 Å². The second-order valence-electron chi connectivity index (χ2n) is 1.92. The molecule has 56 valence electrons. The van der Waals surface area contributed by atoms with Gasteiger partial charge in [-0.2, -0.15) is 0 Å². The number of rotatable bonds is 0. The molecule has 0 spiro atoms. The topological polar surface area (TPSA) is 35.0 Å². The Morgan fingerprint density at radius 2 is 1.70 bits per heavy atom. The van der Waals surface area contributed by atoms with Crippen LogP contribution in [0, 0.1) is 6.92 Å². The van der Waals surface area contributed by atoms with Crippen molar-refractivity contribution in [2.75, 3.05) is 0 Å². The van der Waals surface area contributed by atoms with Crippen LogP contribution in [0.5, 0.6) is 0 Å². The molecule has 0 heterocycles. The van der Waals surface area contributed by atoms with Gasteiger partial charge in [0.2, 0.25) is 0 Å². The molecular formula is C7H9Br2N. The fourth-order valence-corrected chi connectivity index (χ4v) is 1.34. The summed E-state index contributed by atoms with van der Waals surface area (Å²) in [6.45, 7) is 2.07. The maximum absolute atomic E-state index is 3.40. The Morgan fingerprint density at radius 1 is 1.10 bits per heavy atom. The molecule has 0 aliphatic rings. The Kier molecular flexibility index (Phi) is 4.17. The van der Waals surface area contributed by atoms with Gasteiger partial charge in [-0.05, 0) is 56.5 Å². The van der Waals surface area contributed by atoms with Crippen LogP contribution in [0.1, 0.15) is 5.56 Å². The molecule has 0 bridgehead atoms. The second kappa shape index (κ2) is 4.11. The maximum atomic E-state index is 3.40. The summed E-state index contributed by atoms with van der Waals surface area (Å²) < 4.78 is 2.22. The quantitative estimate of drug-likeness (QED) is 0.764. The van der Waals surface area contributed by atoms with Crippen LogP contribution in [0.15, 0.2) is 27.1 Å². The highest BCUT2D eigenvalue weighted by Gasteiger charge is 1.92. The van der Waals surface area contributed by atoms with Crippen molar-refractivity contribution in [2.45, 2.75) is 6.92 Å². The molecule has 1 nitrogen and oxygen atoms in total. The van der Waals surface area contributed by atoms with E-state index < -0.39 is 0 Å². The highest BCUT2D eigenvalue weighted by Crippen LogP contribution is 2.22. The molecule has 0 atom stereocenters. The zero-order valence-corrected chi connectivity index (χ0v) is 8.87. The average molecular weight is 267 g/mol. The van der Waals surface area contributed by atoms with Gasteiger partial charge in [0.1, 0.15) is 0 Å². The smallest absolute Gasteiger partial charge is 0.0320 e. The van der Waals surface area contributed by atoms with Crippen LogP contribution in [0.25, 0.3) is 0 Å². The largest absolute Gasteiger partial charge is 0.344 e. The van der Waals surface area contributed by atoms with Crippen molar-refractivity contribution in [1.29, 1.82) is 0 Å². The molecule has 0 aliphatic carbocycles. The Morgan fingerprint density at radius 3 is 2.10 bits per heavy atom. The zero-order chi connectivity index (χ0) is 6.85. The van der Waals surface area contributed by atoms with E-state index in [-0.39, 0.29) is 6.15 Å². The van der Waals surface area contributed by atoms with E-state index in [1.807, 2.05) is 6.07 Å². The van der Waals surface area contributed by atoms with Crippen LogP contribution in [0.3, 0.4) is 0 Å². The zero-order valence-electron chi connectivity index (χ0n) is 5.70. The first-order valence-electron chi connectivity index (χ1n) is 2.62. The van der Waals surface area contributed by atoms with Crippen molar-refractivity contribution in [2.24, 2.45) is 0 Å². The molecule has 0 unspecified atom stereocenters. The predicted octanol–water partition coefficient (Wildman–Crippen LogP) is 3.68. The molecule has 1 aromatic carbocycles. The standard InChI is InChI=1S/C7H6Br2.H3N/c1-5-2-3-6(8)7(9)4-5;/h2-4H,1H3;1H3. The monoisotopic (exact) mass is 265 g/mol. The Balaban J connectivity index is 0.000000810. The van der Waals surface area contributed by atoms with Crippen molar-refractivity contribution in [3.63, 3.8) is 0 Å². The summed E-state index contributed by atoms with van der Waals surface area (Å²) in [5, 5.41) is 0. The van der Waals surface area contributed by atoms with Gasteiger partial charge in [-0.1, -0.05) is 6.07 Å². The molecule has 0 saturated heterocycles. The molecule has 3 N–H and O–H groups in total. The van der Waals surface area contributed by atoms with Gasteiger partial charge in [-0.25, -0.2) is 0 Å². The van der Waals surface area contributed by atoms with Crippen LogP contribution in [0.2, 0.25) is 0 Å². The van der Waals surface area contributed by atoms with E-state index in [2.05, 4.69) is 50.9 Å². The van der Waals surface area contributed by atoms with E-state index in [4.69, 9.17) is 0 Å². The molecule has 0 aliphatic heterocycles. The lowest BCUT2D eigenvalue weighted by Crippen LogP contribution is -1.71. The predicted molar refractivity (Wildman–Crippen MR) is 51.6 cm³/mol. The summed E-state index contributed by atoms with van der Waals surface area (Å²) in [6, 6.07) is 6.17. The number of halogens is 2. The minimum Gasteiger partial charge on any atom is -0.344 e. The third-order valence-corrected chi connectivity index (χ3v) is 2.95. The van der Waals surface area contributed by atoms with E-state index in [9.17, 15) is 0 Å². The first kappa shape index (κ1) is 10.1. The van der Waals surface area contributed by atoms with Gasteiger partial charge < -0.3 is 6.15 Å². The minimum absolute atomic E-state index is 0. The highest BCUT2D eigenvalue weighted by molar-refractivity contribution is 9.13. The third-order valence-electron chi connectivity index (χ3n) is 1.08. The Labute approximate surface area is 77.7 Å². The lowest BCUT2D eigenvalue weighted by Gasteiger charge is -1.95. The van der Waals surface area contributed by atoms with E-state index in [1.165, 1.54) is 5.56 Å². The van der Waals surface area contributed by atoms with Crippen LogP contribution < -0.4 is 6.15 Å². The molecule has 0 saturated carbocycles. The second-order valence-corrected chi connectivity index (χ2v) is 3.63. The molecule has 0 amide bonds. The van der Waals surface area contributed by atoms with Crippen molar-refractivity contribution >= 4 is 31.9 Å². The number of hydrogen-bond donors (Lipinski definition) is 1. The Hall–Kier alpha value is 0.140. The summed E-state index contributed by atoms with van der Waals surface area (Å²) in [5.41, 5.74) is 1.27. The number of benzene rings is 1. The summed E-state index contributed by atoms with van der Waals surface area (Å²) >= 11 is 6.78. The normalized spacial score (nSPS) is 8.70. The third kappa shape index (κ3) is 2.40. The van der Waals surface area contributed by atoms with Crippen LogP contribution in [-0.2, 0) is 0 Å². The maximum Gasteiger partial charge on any atom is 0.0320 e. The Bertz CT molecular complexity index is 223. The van der Waals surface area contributed by atoms with Crippen LogP contribution >= 0.6 is 31.9 Å². The molecule has 10 heavy (non-hydrogen) atoms. The lowest BCUT2D eigenvalue weighted by atomic mass is 10.2. The van der Waals surface area contributed by atoms with Crippen LogP contribution in [-0.4, -0.2) is 0 Å². The summed E-state index contributed by atoms with van der Waals surface area (Å²) in [7, 11) is 0. The van der Waals surface area contributed by atoms with E-state index in [0.29, 0.717) is 0 Å². The van der Waals surface area contributed by atoms with Gasteiger partial charge in [-0.3, -0.25) is 0 Å². The van der Waals surface area contributed by atoms with Crippen LogP contribution in [0.4, 0.5) is 0 Å². The fraction of sp³-hybridized carbons (Fsp3) is 0.143. The van der Waals surface area contributed by atoms with E-state index in [0.717, 1.165) is 8.95 Å². The first-order valence-corrected chi connectivity index (χ1v) is 4.20. The molecule has 1 rings (SSSR count). The van der Waals surface area contributed by atoms with Crippen molar-refractivity contribution < 1.29 is 0 Å². The molecule has 0 fully saturated rings. The van der Waals surface area contributed by atoms with Crippen molar-refractivity contribution in [3.05, 3.63) is 32.7 Å². The van der Waals surface area contributed by atoms with Gasteiger partial charge in [-0.15, -0.1) is 0 Å². The van der Waals surface area contributed by atoms with Gasteiger partial charge >= 0.3 is 0 Å². The van der Waals surface area contributed by atoms with Gasteiger partial charge in [0.25, 0.3) is 0 Å². The van der Waals surface area contributed by atoms with Gasteiger partial charge in [0.15, 0.2) is 0 Å². The summed E-state index contributed by atoms with van der Waals surface area (Å²) in [5.74, 6) is 0. The molecule has 0 radical (unpaired) electrons. The SMILES string of the molecule is Cc1ccc(Br)c(Br)c1.N. The number of hydrogen-bond acceptors (Lipinski definition) is 1. The lowest BCUT2D eigenvalue weighted by molar-refractivity contribution is 1.43. The minimum atomic E-state index is 0. The van der Waals surface area contributed by atoms with Gasteiger partial charge in [0.05, 0.1) is 0 Å². The van der Waals surface area contributed by atoms with E-state index in [1.54, 1.807) is 0 Å². The number of aryl methyl sites for hydroxylation is 1. The molecule has 1 aromatic rings. The fourth-order valence-electron chi connectivity index (χ4n) is 0.601. The highest BCUT2D eigenvalue weighted by atomic mass is 79.9. The van der Waals surface area contributed by atoms with E-state index >= 15 is 0 Å². The summed E-state index contributed by atoms with van der Waals surface area (Å²) in [4.78, 5) is 0. The van der Waals surface area contributed by atoms with Gasteiger partial charge in [0, 0.05) is 8.95 Å². The molecule has 0 aromatic heterocycles. The van der Waals surface area contributed by atoms with Crippen molar-refractivity contribution in [1.82, 2.24) is 6.15 Å².